The third-order valence-corrected chi connectivity index (χ3v) is 3.24. The van der Waals surface area contributed by atoms with Gasteiger partial charge in [-0.15, -0.1) is 5.10 Å². The molecule has 0 saturated carbocycles. The van der Waals surface area contributed by atoms with Gasteiger partial charge in [0.15, 0.2) is 11.6 Å². The molecule has 1 amide bonds. The Hall–Kier alpha value is -3.13. The van der Waals surface area contributed by atoms with Gasteiger partial charge in [-0.3, -0.25) is 15.2 Å². The first kappa shape index (κ1) is 15.8. The Labute approximate surface area is 137 Å². The molecule has 0 saturated heterocycles. The molecule has 2 heterocycles. The van der Waals surface area contributed by atoms with Gasteiger partial charge in [0.05, 0.1) is 12.7 Å². The van der Waals surface area contributed by atoms with Crippen LogP contribution < -0.4 is 10.1 Å². The topological polar surface area (TPSA) is 102 Å². The first-order valence-corrected chi connectivity index (χ1v) is 7.16. The molecule has 0 fully saturated rings. The van der Waals surface area contributed by atoms with Crippen molar-refractivity contribution in [1.29, 1.82) is 0 Å². The van der Waals surface area contributed by atoms with Crippen LogP contribution in [0.3, 0.4) is 0 Å². The molecule has 3 rings (SSSR count). The van der Waals surface area contributed by atoms with Gasteiger partial charge in [0, 0.05) is 7.11 Å². The van der Waals surface area contributed by atoms with Gasteiger partial charge in [0.2, 0.25) is 5.95 Å². The van der Waals surface area contributed by atoms with E-state index in [1.54, 1.807) is 26.4 Å². The standard InChI is InChI=1S/C16H16N4O4/c1-22-9-10-7-8-13(24-10)15(21)18-16-17-14(19-20-16)11-5-3-4-6-12(11)23-2/h3-8H,9H2,1-2H3,(H2,17,18,19,20,21). The molecule has 0 unspecified atom stereocenters. The highest BCUT2D eigenvalue weighted by molar-refractivity contribution is 6.01. The van der Waals surface area contributed by atoms with E-state index in [2.05, 4.69) is 20.5 Å². The predicted molar refractivity (Wildman–Crippen MR) is 85.7 cm³/mol. The summed E-state index contributed by atoms with van der Waals surface area (Å²) in [6.45, 7) is 0.298. The van der Waals surface area contributed by atoms with E-state index in [0.29, 0.717) is 23.9 Å². The second-order valence-electron chi connectivity index (χ2n) is 4.86. The number of nitrogens with zero attached hydrogens (tertiary/aromatic N) is 2. The largest absolute Gasteiger partial charge is 0.496 e. The number of aromatic amines is 1. The van der Waals surface area contributed by atoms with Crippen molar-refractivity contribution in [3.05, 3.63) is 47.9 Å². The predicted octanol–water partition coefficient (Wildman–Crippen LogP) is 2.47. The molecule has 2 aromatic heterocycles. The van der Waals surface area contributed by atoms with Crippen molar-refractivity contribution >= 4 is 11.9 Å². The zero-order chi connectivity index (χ0) is 16.9. The molecule has 124 valence electrons. The number of nitrogens with one attached hydrogen (secondary N) is 2. The lowest BCUT2D eigenvalue weighted by Gasteiger charge is -2.04. The maximum atomic E-state index is 12.1. The normalized spacial score (nSPS) is 10.6. The Morgan fingerprint density at radius 3 is 2.88 bits per heavy atom. The van der Waals surface area contributed by atoms with Gasteiger partial charge in [-0.2, -0.15) is 4.98 Å². The SMILES string of the molecule is COCc1ccc(C(=O)Nc2n[nH]c(-c3ccccc3OC)n2)o1. The van der Waals surface area contributed by atoms with Crippen molar-refractivity contribution in [3.8, 4) is 17.1 Å². The number of carbonyl (C=O) groups is 1. The number of benzene rings is 1. The van der Waals surface area contributed by atoms with Crippen LogP contribution in [0.2, 0.25) is 0 Å². The van der Waals surface area contributed by atoms with E-state index in [9.17, 15) is 4.79 Å². The highest BCUT2D eigenvalue weighted by Gasteiger charge is 2.15. The number of aromatic nitrogens is 3. The van der Waals surface area contributed by atoms with Crippen LogP contribution in [-0.2, 0) is 11.3 Å². The van der Waals surface area contributed by atoms with E-state index in [1.165, 1.54) is 0 Å². The Kier molecular flexibility index (Phi) is 4.57. The minimum absolute atomic E-state index is 0.144. The lowest BCUT2D eigenvalue weighted by atomic mass is 10.2. The minimum atomic E-state index is -0.442. The fourth-order valence-corrected chi connectivity index (χ4v) is 2.16. The first-order chi connectivity index (χ1) is 11.7. The van der Waals surface area contributed by atoms with Crippen LogP contribution in [0.1, 0.15) is 16.3 Å². The van der Waals surface area contributed by atoms with Gasteiger partial charge in [-0.25, -0.2) is 0 Å². The number of methoxy groups -OCH3 is 2. The van der Waals surface area contributed by atoms with Crippen molar-refractivity contribution in [2.45, 2.75) is 6.61 Å². The summed E-state index contributed by atoms with van der Waals surface area (Å²) in [5, 5.41) is 9.33. The van der Waals surface area contributed by atoms with E-state index < -0.39 is 5.91 Å². The number of rotatable bonds is 6. The molecule has 0 aliphatic carbocycles. The number of para-hydroxylation sites is 1. The molecular formula is C16H16N4O4. The summed E-state index contributed by atoms with van der Waals surface area (Å²) in [5.41, 5.74) is 0.744. The summed E-state index contributed by atoms with van der Waals surface area (Å²) in [4.78, 5) is 16.4. The number of hydrogen-bond donors (Lipinski definition) is 2. The Balaban J connectivity index is 1.74. The van der Waals surface area contributed by atoms with E-state index in [-0.39, 0.29) is 11.7 Å². The number of hydrogen-bond acceptors (Lipinski definition) is 6. The van der Waals surface area contributed by atoms with Gasteiger partial charge in [0.1, 0.15) is 18.1 Å². The number of amides is 1. The summed E-state index contributed by atoms with van der Waals surface area (Å²) >= 11 is 0. The van der Waals surface area contributed by atoms with Gasteiger partial charge >= 0.3 is 0 Å². The zero-order valence-electron chi connectivity index (χ0n) is 13.2. The highest BCUT2D eigenvalue weighted by Crippen LogP contribution is 2.27. The summed E-state index contributed by atoms with van der Waals surface area (Å²) in [6, 6.07) is 10.6. The monoisotopic (exact) mass is 328 g/mol. The fourth-order valence-electron chi connectivity index (χ4n) is 2.16. The van der Waals surface area contributed by atoms with Crippen LogP contribution in [0.25, 0.3) is 11.4 Å². The maximum Gasteiger partial charge on any atom is 0.293 e. The number of ether oxygens (including phenoxy) is 2. The number of H-pyrrole nitrogens is 1. The molecule has 0 spiro atoms. The molecule has 1 aromatic carbocycles. The van der Waals surface area contributed by atoms with E-state index >= 15 is 0 Å². The molecule has 0 atom stereocenters. The summed E-state index contributed by atoms with van der Waals surface area (Å²) < 4.78 is 15.6. The molecule has 0 aliphatic rings. The van der Waals surface area contributed by atoms with Crippen molar-refractivity contribution < 1.29 is 18.7 Å². The Bertz CT molecular complexity index is 840. The second-order valence-corrected chi connectivity index (χ2v) is 4.86. The van der Waals surface area contributed by atoms with Gasteiger partial charge in [-0.05, 0) is 24.3 Å². The Morgan fingerprint density at radius 1 is 1.25 bits per heavy atom. The van der Waals surface area contributed by atoms with Gasteiger partial charge in [-0.1, -0.05) is 12.1 Å². The molecule has 8 heteroatoms. The van der Waals surface area contributed by atoms with Crippen molar-refractivity contribution in [2.24, 2.45) is 0 Å². The molecule has 0 aliphatic heterocycles. The molecule has 8 nitrogen and oxygen atoms in total. The van der Waals surface area contributed by atoms with Gasteiger partial charge in [0.25, 0.3) is 5.91 Å². The summed E-state index contributed by atoms with van der Waals surface area (Å²) in [6.07, 6.45) is 0. The van der Waals surface area contributed by atoms with Crippen LogP contribution in [-0.4, -0.2) is 35.3 Å². The smallest absolute Gasteiger partial charge is 0.293 e. The van der Waals surface area contributed by atoms with Crippen molar-refractivity contribution in [3.63, 3.8) is 0 Å². The quantitative estimate of drug-likeness (QED) is 0.720. The second kappa shape index (κ2) is 6.97. The lowest BCUT2D eigenvalue weighted by molar-refractivity contribution is 0.0986. The summed E-state index contributed by atoms with van der Waals surface area (Å²) in [5.74, 6) is 1.57. The van der Waals surface area contributed by atoms with Crippen LogP contribution in [0.15, 0.2) is 40.8 Å². The maximum absolute atomic E-state index is 12.1. The molecule has 24 heavy (non-hydrogen) atoms. The van der Waals surface area contributed by atoms with Gasteiger partial charge < -0.3 is 13.9 Å². The van der Waals surface area contributed by atoms with Crippen LogP contribution in [0.4, 0.5) is 5.95 Å². The summed E-state index contributed by atoms with van der Waals surface area (Å²) in [7, 11) is 3.13. The molecule has 0 bridgehead atoms. The molecule has 0 radical (unpaired) electrons. The van der Waals surface area contributed by atoms with Crippen molar-refractivity contribution in [1.82, 2.24) is 15.2 Å². The molecule has 2 N–H and O–H groups in total. The van der Waals surface area contributed by atoms with E-state index in [4.69, 9.17) is 13.9 Å². The molecule has 3 aromatic rings. The van der Waals surface area contributed by atoms with Crippen LogP contribution in [0.5, 0.6) is 5.75 Å². The first-order valence-electron chi connectivity index (χ1n) is 7.16. The van der Waals surface area contributed by atoms with E-state index in [1.807, 2.05) is 24.3 Å². The lowest BCUT2D eigenvalue weighted by Crippen LogP contribution is -2.12. The Morgan fingerprint density at radius 2 is 2.08 bits per heavy atom. The zero-order valence-corrected chi connectivity index (χ0v) is 13.2. The third kappa shape index (κ3) is 3.28. The third-order valence-electron chi connectivity index (χ3n) is 3.24. The van der Waals surface area contributed by atoms with E-state index in [0.717, 1.165) is 5.56 Å². The average Bonchev–Trinajstić information content (AvgIpc) is 3.25. The fraction of sp³-hybridized carbons (Fsp3) is 0.188. The average molecular weight is 328 g/mol. The van der Waals surface area contributed by atoms with Crippen LogP contribution >= 0.6 is 0 Å². The molecular weight excluding hydrogens is 312 g/mol. The highest BCUT2D eigenvalue weighted by atomic mass is 16.5. The number of furan rings is 1. The van der Waals surface area contributed by atoms with Crippen LogP contribution in [0, 0.1) is 0 Å². The number of carbonyl (C=O) groups excluding carboxylic acids is 1. The van der Waals surface area contributed by atoms with Crippen molar-refractivity contribution in [2.75, 3.05) is 19.5 Å². The number of anilines is 1. The minimum Gasteiger partial charge on any atom is -0.496 e.